The number of hydrogen-bond acceptors (Lipinski definition) is 5. The van der Waals surface area contributed by atoms with Crippen molar-refractivity contribution in [2.24, 2.45) is 5.92 Å². The minimum Gasteiger partial charge on any atom is -0.472 e. The first-order valence-electron chi connectivity index (χ1n) is 8.56. The molecule has 2 bridgehead atoms. The van der Waals surface area contributed by atoms with Crippen LogP contribution >= 0.6 is 11.3 Å². The molecule has 1 unspecified atom stereocenters. The maximum absolute atomic E-state index is 6.14. The summed E-state index contributed by atoms with van der Waals surface area (Å²) in [7, 11) is 0. The average molecular weight is 337 g/mol. The van der Waals surface area contributed by atoms with Gasteiger partial charge in [-0.2, -0.15) is 0 Å². The zero-order valence-corrected chi connectivity index (χ0v) is 14.2. The van der Waals surface area contributed by atoms with Gasteiger partial charge in [0.2, 0.25) is 5.88 Å². The number of ether oxygens (including phenoxy) is 1. The number of aromatic nitrogens is 2. The van der Waals surface area contributed by atoms with Gasteiger partial charge in [-0.15, -0.1) is 21.5 Å². The second kappa shape index (κ2) is 5.83. The van der Waals surface area contributed by atoms with Gasteiger partial charge < -0.3 is 4.74 Å². The summed E-state index contributed by atoms with van der Waals surface area (Å²) in [6, 6.07) is 12.4. The Kier molecular flexibility index (Phi) is 3.49. The van der Waals surface area contributed by atoms with Crippen LogP contribution in [-0.2, 0) is 0 Å². The van der Waals surface area contributed by atoms with E-state index in [4.69, 9.17) is 4.74 Å². The second-order valence-electron chi connectivity index (χ2n) is 6.70. The minimum absolute atomic E-state index is 0.273. The lowest BCUT2D eigenvalue weighted by molar-refractivity contribution is -0.0103. The fourth-order valence-electron chi connectivity index (χ4n) is 3.89. The molecular weight excluding hydrogens is 318 g/mol. The summed E-state index contributed by atoms with van der Waals surface area (Å²) in [5, 5.41) is 13.4. The van der Waals surface area contributed by atoms with Crippen molar-refractivity contribution in [3.63, 3.8) is 0 Å². The highest BCUT2D eigenvalue weighted by Crippen LogP contribution is 2.34. The molecule has 3 saturated heterocycles. The summed E-state index contributed by atoms with van der Waals surface area (Å²) >= 11 is 1.72. The molecule has 122 valence electrons. The lowest BCUT2D eigenvalue weighted by Crippen LogP contribution is -2.52. The fourth-order valence-corrected chi connectivity index (χ4v) is 4.89. The highest BCUT2D eigenvalue weighted by Gasteiger charge is 2.35. The lowest BCUT2D eigenvalue weighted by atomic mass is 9.86. The van der Waals surface area contributed by atoms with Crippen LogP contribution in [0.25, 0.3) is 21.3 Å². The number of piperidine rings is 3. The zero-order chi connectivity index (χ0) is 15.9. The monoisotopic (exact) mass is 337 g/mol. The predicted octanol–water partition coefficient (Wildman–Crippen LogP) is 3.83. The number of benzene rings is 1. The number of fused-ring (bicyclic) bond motifs is 4. The molecule has 24 heavy (non-hydrogen) atoms. The fraction of sp³-hybridized carbons (Fsp3) is 0.368. The van der Waals surface area contributed by atoms with Crippen LogP contribution in [0.4, 0.5) is 0 Å². The molecule has 3 aliphatic rings. The van der Waals surface area contributed by atoms with Crippen molar-refractivity contribution in [2.45, 2.75) is 18.9 Å². The molecule has 5 heteroatoms. The maximum atomic E-state index is 6.14. The molecule has 5 heterocycles. The van der Waals surface area contributed by atoms with E-state index in [1.807, 2.05) is 12.1 Å². The van der Waals surface area contributed by atoms with Crippen LogP contribution < -0.4 is 4.74 Å². The summed E-state index contributed by atoms with van der Waals surface area (Å²) in [5.41, 5.74) is 0.919. The SMILES string of the molecule is c1ccc2c(-c3ccc(OC4CN5CCC4CC5)nn3)scc2c1. The van der Waals surface area contributed by atoms with E-state index in [2.05, 4.69) is 44.7 Å². The van der Waals surface area contributed by atoms with Gasteiger partial charge in [-0.3, -0.25) is 4.90 Å². The van der Waals surface area contributed by atoms with Gasteiger partial charge in [0.25, 0.3) is 0 Å². The lowest BCUT2D eigenvalue weighted by Gasteiger charge is -2.44. The van der Waals surface area contributed by atoms with Gasteiger partial charge >= 0.3 is 0 Å². The van der Waals surface area contributed by atoms with Gasteiger partial charge in [-0.25, -0.2) is 0 Å². The number of nitrogens with zero attached hydrogens (tertiary/aromatic N) is 3. The largest absolute Gasteiger partial charge is 0.472 e. The molecule has 3 fully saturated rings. The summed E-state index contributed by atoms with van der Waals surface area (Å²) in [4.78, 5) is 3.66. The molecule has 0 spiro atoms. The first-order valence-corrected chi connectivity index (χ1v) is 9.44. The minimum atomic E-state index is 0.273. The van der Waals surface area contributed by atoms with Crippen molar-refractivity contribution >= 4 is 22.1 Å². The number of rotatable bonds is 3. The van der Waals surface area contributed by atoms with Gasteiger partial charge in [-0.05, 0) is 48.7 Å². The molecule has 3 aromatic rings. The summed E-state index contributed by atoms with van der Waals surface area (Å²) in [5.74, 6) is 1.33. The summed E-state index contributed by atoms with van der Waals surface area (Å²) in [6.07, 6.45) is 2.77. The molecule has 0 N–H and O–H groups in total. The Morgan fingerprint density at radius 3 is 2.67 bits per heavy atom. The Balaban J connectivity index is 1.37. The van der Waals surface area contributed by atoms with Crippen molar-refractivity contribution < 1.29 is 4.74 Å². The highest BCUT2D eigenvalue weighted by atomic mass is 32.1. The average Bonchev–Trinajstić information content (AvgIpc) is 3.08. The van der Waals surface area contributed by atoms with E-state index in [1.54, 1.807) is 11.3 Å². The first kappa shape index (κ1) is 14.4. The van der Waals surface area contributed by atoms with Crippen molar-refractivity contribution in [2.75, 3.05) is 19.6 Å². The van der Waals surface area contributed by atoms with Gasteiger partial charge in [-0.1, -0.05) is 24.3 Å². The Labute approximate surface area is 145 Å². The second-order valence-corrected chi connectivity index (χ2v) is 7.58. The van der Waals surface area contributed by atoms with Gasteiger partial charge in [0.05, 0.1) is 4.88 Å². The third kappa shape index (κ3) is 2.48. The van der Waals surface area contributed by atoms with E-state index in [0.29, 0.717) is 11.8 Å². The maximum Gasteiger partial charge on any atom is 0.233 e. The number of thiophene rings is 1. The molecule has 1 aromatic carbocycles. The predicted molar refractivity (Wildman–Crippen MR) is 96.4 cm³/mol. The first-order chi connectivity index (χ1) is 11.9. The summed E-state index contributed by atoms with van der Waals surface area (Å²) < 4.78 is 6.14. The standard InChI is InChI=1S/C19H19N3OS/c1-2-4-15-14(3-1)12-24-19(15)16-5-6-18(21-20-16)23-17-11-22-9-7-13(17)8-10-22/h1-6,12-13,17H,7-11H2. The van der Waals surface area contributed by atoms with Crippen LogP contribution in [0.15, 0.2) is 41.8 Å². The van der Waals surface area contributed by atoms with Crippen LogP contribution in [0.3, 0.4) is 0 Å². The molecular formula is C19H19N3OS. The van der Waals surface area contributed by atoms with Crippen LogP contribution in [-0.4, -0.2) is 40.8 Å². The molecule has 0 saturated carbocycles. The Hall–Kier alpha value is -1.98. The van der Waals surface area contributed by atoms with Gasteiger partial charge in [0.15, 0.2) is 0 Å². The van der Waals surface area contributed by atoms with E-state index in [9.17, 15) is 0 Å². The van der Waals surface area contributed by atoms with Crippen LogP contribution in [0, 0.1) is 5.92 Å². The van der Waals surface area contributed by atoms with Crippen molar-refractivity contribution in [1.29, 1.82) is 0 Å². The Morgan fingerprint density at radius 2 is 1.92 bits per heavy atom. The molecule has 1 atom stereocenters. The third-order valence-electron chi connectivity index (χ3n) is 5.25. The van der Waals surface area contributed by atoms with E-state index >= 15 is 0 Å². The molecule has 6 rings (SSSR count). The molecule has 0 amide bonds. The van der Waals surface area contributed by atoms with E-state index in [0.717, 1.165) is 12.2 Å². The Morgan fingerprint density at radius 1 is 1.04 bits per heavy atom. The topological polar surface area (TPSA) is 38.2 Å². The number of hydrogen-bond donors (Lipinski definition) is 0. The molecule has 3 aliphatic heterocycles. The Bertz CT molecular complexity index is 852. The summed E-state index contributed by atoms with van der Waals surface area (Å²) in [6.45, 7) is 3.48. The highest BCUT2D eigenvalue weighted by molar-refractivity contribution is 7.15. The molecule has 4 nitrogen and oxygen atoms in total. The van der Waals surface area contributed by atoms with Crippen LogP contribution in [0.2, 0.25) is 0 Å². The van der Waals surface area contributed by atoms with Crippen molar-refractivity contribution in [3.8, 4) is 16.5 Å². The van der Waals surface area contributed by atoms with Crippen LogP contribution in [0.1, 0.15) is 12.8 Å². The third-order valence-corrected chi connectivity index (χ3v) is 6.29. The van der Waals surface area contributed by atoms with E-state index < -0.39 is 0 Å². The van der Waals surface area contributed by atoms with E-state index in [-0.39, 0.29) is 6.10 Å². The van der Waals surface area contributed by atoms with Gasteiger partial charge in [0.1, 0.15) is 11.8 Å². The van der Waals surface area contributed by atoms with E-state index in [1.165, 1.54) is 41.6 Å². The van der Waals surface area contributed by atoms with Crippen molar-refractivity contribution in [1.82, 2.24) is 15.1 Å². The normalized spacial score (nSPS) is 25.9. The van der Waals surface area contributed by atoms with Crippen molar-refractivity contribution in [3.05, 3.63) is 41.8 Å². The quantitative estimate of drug-likeness (QED) is 0.728. The zero-order valence-electron chi connectivity index (χ0n) is 13.4. The molecule has 2 aromatic heterocycles. The molecule has 0 aliphatic carbocycles. The van der Waals surface area contributed by atoms with Gasteiger partial charge in [0, 0.05) is 18.0 Å². The van der Waals surface area contributed by atoms with Crippen LogP contribution in [0.5, 0.6) is 5.88 Å². The molecule has 0 radical (unpaired) electrons. The smallest absolute Gasteiger partial charge is 0.233 e.